The van der Waals surface area contributed by atoms with E-state index in [2.05, 4.69) is 11.4 Å². The number of nitrogens with one attached hydrogen (secondary N) is 1. The zero-order valence-corrected chi connectivity index (χ0v) is 9.80. The third-order valence-corrected chi connectivity index (χ3v) is 3.19. The number of carbonyl (C=O) groups excluding carboxylic acids is 1. The molecule has 0 aliphatic rings. The normalized spacial score (nSPS) is 12.4. The molecule has 1 atom stereocenters. The number of primary amides is 1. The number of hydrogen-bond acceptors (Lipinski definition) is 3. The second-order valence-corrected chi connectivity index (χ2v) is 4.46. The van der Waals surface area contributed by atoms with Gasteiger partial charge in [-0.1, -0.05) is 17.7 Å². The third kappa shape index (κ3) is 3.93. The summed E-state index contributed by atoms with van der Waals surface area (Å²) < 4.78 is 0. The first-order valence-corrected chi connectivity index (χ1v) is 5.78. The van der Waals surface area contributed by atoms with Gasteiger partial charge in [-0.05, 0) is 26.1 Å². The Bertz CT molecular complexity index is 341. The topological polar surface area (TPSA) is 55.1 Å². The molecule has 1 aromatic rings. The quantitative estimate of drug-likeness (QED) is 0.738. The molecule has 0 spiro atoms. The van der Waals surface area contributed by atoms with E-state index in [0.717, 1.165) is 4.90 Å². The van der Waals surface area contributed by atoms with Gasteiger partial charge >= 0.3 is 0 Å². The van der Waals surface area contributed by atoms with Gasteiger partial charge in [0.1, 0.15) is 0 Å². The van der Waals surface area contributed by atoms with E-state index in [4.69, 9.17) is 5.73 Å². The number of nitrogens with two attached hydrogens (primary N) is 1. The summed E-state index contributed by atoms with van der Waals surface area (Å²) in [6.45, 7) is 2.05. The predicted molar refractivity (Wildman–Crippen MR) is 63.9 cm³/mol. The second kappa shape index (κ2) is 5.78. The van der Waals surface area contributed by atoms with Crippen molar-refractivity contribution in [2.24, 2.45) is 5.73 Å². The first-order chi connectivity index (χ1) is 7.13. The van der Waals surface area contributed by atoms with Crippen LogP contribution >= 0.6 is 11.8 Å². The van der Waals surface area contributed by atoms with Crippen molar-refractivity contribution in [3.8, 4) is 0 Å². The standard InChI is InChI=1S/C11H16N2OS/c1-8-4-3-5-9(6-8)15-7-10(13-2)11(12)14/h3-6,10,13H,7H2,1-2H3,(H2,12,14). The highest BCUT2D eigenvalue weighted by molar-refractivity contribution is 7.99. The lowest BCUT2D eigenvalue weighted by Gasteiger charge is -2.11. The Morgan fingerprint density at radius 3 is 2.87 bits per heavy atom. The predicted octanol–water partition coefficient (Wildman–Crippen LogP) is 1.16. The van der Waals surface area contributed by atoms with Crippen molar-refractivity contribution >= 4 is 17.7 Å². The lowest BCUT2D eigenvalue weighted by atomic mass is 10.2. The summed E-state index contributed by atoms with van der Waals surface area (Å²) in [6, 6.07) is 7.92. The Labute approximate surface area is 94.4 Å². The Morgan fingerprint density at radius 1 is 1.60 bits per heavy atom. The highest BCUT2D eigenvalue weighted by Crippen LogP contribution is 2.19. The van der Waals surface area contributed by atoms with Crippen LogP contribution in [0.25, 0.3) is 0 Å². The Morgan fingerprint density at radius 2 is 2.33 bits per heavy atom. The number of likely N-dealkylation sites (N-methyl/N-ethyl adjacent to an activating group) is 1. The molecule has 82 valence electrons. The fraction of sp³-hybridized carbons (Fsp3) is 0.364. The maximum atomic E-state index is 11.0. The average Bonchev–Trinajstić information content (AvgIpc) is 2.18. The minimum Gasteiger partial charge on any atom is -0.368 e. The molecule has 4 heteroatoms. The summed E-state index contributed by atoms with van der Waals surface area (Å²) in [6.07, 6.45) is 0. The minimum atomic E-state index is -0.308. The highest BCUT2D eigenvalue weighted by atomic mass is 32.2. The molecule has 0 bridgehead atoms. The number of amides is 1. The Kier molecular flexibility index (Phi) is 4.65. The zero-order valence-electron chi connectivity index (χ0n) is 8.99. The monoisotopic (exact) mass is 224 g/mol. The fourth-order valence-corrected chi connectivity index (χ4v) is 2.33. The number of thioether (sulfide) groups is 1. The molecule has 0 fully saturated rings. The van der Waals surface area contributed by atoms with Crippen molar-refractivity contribution in [3.05, 3.63) is 29.8 Å². The molecule has 1 aromatic carbocycles. The molecule has 1 unspecified atom stereocenters. The molecule has 15 heavy (non-hydrogen) atoms. The number of aryl methyl sites for hydroxylation is 1. The molecular weight excluding hydrogens is 208 g/mol. The molecule has 0 aliphatic heterocycles. The van der Waals surface area contributed by atoms with E-state index in [-0.39, 0.29) is 11.9 Å². The van der Waals surface area contributed by atoms with Crippen LogP contribution < -0.4 is 11.1 Å². The lowest BCUT2D eigenvalue weighted by Crippen LogP contribution is -2.41. The maximum absolute atomic E-state index is 11.0. The summed E-state index contributed by atoms with van der Waals surface area (Å²) in [5.74, 6) is 0.354. The molecule has 0 heterocycles. The number of benzene rings is 1. The van der Waals surface area contributed by atoms with Crippen LogP contribution in [0.4, 0.5) is 0 Å². The summed E-state index contributed by atoms with van der Waals surface area (Å²) in [5.41, 5.74) is 6.45. The maximum Gasteiger partial charge on any atom is 0.235 e. The lowest BCUT2D eigenvalue weighted by molar-refractivity contribution is -0.119. The molecule has 3 N–H and O–H groups in total. The molecular formula is C11H16N2OS. The summed E-state index contributed by atoms with van der Waals surface area (Å²) in [4.78, 5) is 12.1. The molecule has 1 amide bonds. The highest BCUT2D eigenvalue weighted by Gasteiger charge is 2.12. The Balaban J connectivity index is 2.52. The molecule has 1 rings (SSSR count). The number of hydrogen-bond donors (Lipinski definition) is 2. The van der Waals surface area contributed by atoms with Crippen LogP contribution in [0.2, 0.25) is 0 Å². The van der Waals surface area contributed by atoms with Crippen molar-refractivity contribution < 1.29 is 4.79 Å². The first-order valence-electron chi connectivity index (χ1n) is 4.79. The third-order valence-electron chi connectivity index (χ3n) is 2.10. The Hall–Kier alpha value is -1.00. The van der Waals surface area contributed by atoms with Crippen LogP contribution in [0.3, 0.4) is 0 Å². The second-order valence-electron chi connectivity index (χ2n) is 3.37. The van der Waals surface area contributed by atoms with Crippen LogP contribution in [0.5, 0.6) is 0 Å². The van der Waals surface area contributed by atoms with Gasteiger partial charge in [0.2, 0.25) is 5.91 Å². The van der Waals surface area contributed by atoms with Crippen LogP contribution in [-0.2, 0) is 4.79 Å². The largest absolute Gasteiger partial charge is 0.368 e. The van der Waals surface area contributed by atoms with Crippen LogP contribution in [0.15, 0.2) is 29.2 Å². The van der Waals surface area contributed by atoms with Crippen LogP contribution in [-0.4, -0.2) is 24.7 Å². The van der Waals surface area contributed by atoms with Gasteiger partial charge in [-0.2, -0.15) is 0 Å². The SMILES string of the molecule is CNC(CSc1cccc(C)c1)C(N)=O. The van der Waals surface area contributed by atoms with Crippen molar-refractivity contribution in [2.45, 2.75) is 17.9 Å². The van der Waals surface area contributed by atoms with E-state index in [1.807, 2.05) is 25.1 Å². The fourth-order valence-electron chi connectivity index (χ4n) is 1.19. The van der Waals surface area contributed by atoms with E-state index in [1.54, 1.807) is 18.8 Å². The summed E-state index contributed by atoms with van der Waals surface area (Å²) >= 11 is 1.63. The number of carbonyl (C=O) groups is 1. The molecule has 0 radical (unpaired) electrons. The van der Waals surface area contributed by atoms with Gasteiger partial charge < -0.3 is 11.1 Å². The van der Waals surface area contributed by atoms with Crippen LogP contribution in [0.1, 0.15) is 5.56 Å². The van der Waals surface area contributed by atoms with E-state index in [9.17, 15) is 4.79 Å². The van der Waals surface area contributed by atoms with E-state index in [0.29, 0.717) is 5.75 Å². The zero-order chi connectivity index (χ0) is 11.3. The first kappa shape index (κ1) is 12.1. The number of rotatable bonds is 5. The van der Waals surface area contributed by atoms with Crippen molar-refractivity contribution in [1.29, 1.82) is 0 Å². The van der Waals surface area contributed by atoms with E-state index >= 15 is 0 Å². The van der Waals surface area contributed by atoms with Gasteiger partial charge in [0.15, 0.2) is 0 Å². The van der Waals surface area contributed by atoms with Gasteiger partial charge in [0.25, 0.3) is 0 Å². The van der Waals surface area contributed by atoms with Gasteiger partial charge in [-0.15, -0.1) is 11.8 Å². The van der Waals surface area contributed by atoms with Crippen molar-refractivity contribution in [3.63, 3.8) is 0 Å². The molecule has 0 aliphatic carbocycles. The van der Waals surface area contributed by atoms with Gasteiger partial charge in [0.05, 0.1) is 6.04 Å². The van der Waals surface area contributed by atoms with Gasteiger partial charge in [-0.3, -0.25) is 4.79 Å². The average molecular weight is 224 g/mol. The smallest absolute Gasteiger partial charge is 0.235 e. The van der Waals surface area contributed by atoms with Crippen LogP contribution in [0, 0.1) is 6.92 Å². The molecule has 0 saturated heterocycles. The van der Waals surface area contributed by atoms with Gasteiger partial charge in [-0.25, -0.2) is 0 Å². The van der Waals surface area contributed by atoms with Gasteiger partial charge in [0, 0.05) is 10.6 Å². The molecule has 0 saturated carbocycles. The molecule has 0 aromatic heterocycles. The summed E-state index contributed by atoms with van der Waals surface area (Å²) in [7, 11) is 1.74. The molecule has 3 nitrogen and oxygen atoms in total. The van der Waals surface area contributed by atoms with Crippen molar-refractivity contribution in [1.82, 2.24) is 5.32 Å². The van der Waals surface area contributed by atoms with Crippen molar-refractivity contribution in [2.75, 3.05) is 12.8 Å². The minimum absolute atomic E-state index is 0.268. The van der Waals surface area contributed by atoms with E-state index in [1.165, 1.54) is 5.56 Å². The summed E-state index contributed by atoms with van der Waals surface area (Å²) in [5, 5.41) is 2.89. The van der Waals surface area contributed by atoms with E-state index < -0.39 is 0 Å².